The minimum Gasteiger partial charge on any atom is -0.361 e. The Kier molecular flexibility index (Phi) is 7.31. The van der Waals surface area contributed by atoms with E-state index in [-0.39, 0.29) is 0 Å². The summed E-state index contributed by atoms with van der Waals surface area (Å²) < 4.78 is 0. The van der Waals surface area contributed by atoms with Gasteiger partial charge in [0.05, 0.1) is 16.9 Å². The first-order chi connectivity index (χ1) is 18.0. The average molecular weight is 492 g/mol. The van der Waals surface area contributed by atoms with Gasteiger partial charge in [0.1, 0.15) is 6.07 Å². The molecule has 4 aromatic rings. The van der Waals surface area contributed by atoms with Crippen LogP contribution in [0.5, 0.6) is 0 Å². The van der Waals surface area contributed by atoms with Crippen molar-refractivity contribution in [3.05, 3.63) is 83.1 Å². The van der Waals surface area contributed by atoms with E-state index in [1.807, 2.05) is 36.7 Å². The number of benzene rings is 1. The number of aromatic nitrogens is 3. The van der Waals surface area contributed by atoms with E-state index in [0.717, 1.165) is 58.7 Å². The summed E-state index contributed by atoms with van der Waals surface area (Å²) in [4.78, 5) is 17.0. The summed E-state index contributed by atoms with van der Waals surface area (Å²) in [6.07, 6.45) is 13.6. The molecule has 0 saturated carbocycles. The minimum absolute atomic E-state index is 0.497. The van der Waals surface area contributed by atoms with Crippen molar-refractivity contribution >= 4 is 34.4 Å². The van der Waals surface area contributed by atoms with Gasteiger partial charge < -0.3 is 15.2 Å². The molecule has 0 unspecified atom stereocenters. The molecule has 1 aliphatic rings. The van der Waals surface area contributed by atoms with Crippen LogP contribution in [0.25, 0.3) is 23.1 Å². The second-order valence-corrected chi connectivity index (χ2v) is 9.96. The third-order valence-corrected chi connectivity index (χ3v) is 7.33. The van der Waals surface area contributed by atoms with Gasteiger partial charge >= 0.3 is 0 Å². The van der Waals surface area contributed by atoms with Crippen molar-refractivity contribution in [1.82, 2.24) is 24.8 Å². The molecule has 188 valence electrons. The van der Waals surface area contributed by atoms with Gasteiger partial charge in [-0.1, -0.05) is 6.07 Å². The van der Waals surface area contributed by atoms with Gasteiger partial charge in [-0.05, 0) is 94.5 Å². The lowest BCUT2D eigenvalue weighted by molar-refractivity contribution is 0.140. The molecule has 1 saturated heterocycles. The monoisotopic (exact) mass is 491 g/mol. The second kappa shape index (κ2) is 11.0. The van der Waals surface area contributed by atoms with E-state index < -0.39 is 0 Å². The third-order valence-electron chi connectivity index (χ3n) is 7.33. The van der Waals surface area contributed by atoms with Gasteiger partial charge in [0.25, 0.3) is 0 Å². The highest BCUT2D eigenvalue weighted by Gasteiger charge is 2.20. The Morgan fingerprint density at radius 3 is 2.68 bits per heavy atom. The van der Waals surface area contributed by atoms with Crippen LogP contribution in [0.3, 0.4) is 0 Å². The van der Waals surface area contributed by atoms with Crippen LogP contribution < -0.4 is 5.32 Å². The summed E-state index contributed by atoms with van der Waals surface area (Å²) in [5.41, 5.74) is 7.34. The Morgan fingerprint density at radius 2 is 1.95 bits per heavy atom. The van der Waals surface area contributed by atoms with E-state index in [0.29, 0.717) is 11.6 Å². The number of piperidine rings is 1. The molecule has 1 aliphatic heterocycles. The maximum absolute atomic E-state index is 9.74. The molecule has 1 fully saturated rings. The molecule has 0 atom stereocenters. The summed E-state index contributed by atoms with van der Waals surface area (Å²) in [7, 11) is 4.34. The first-order valence-corrected chi connectivity index (χ1v) is 12.8. The number of fused-ring (bicyclic) bond motifs is 1. The van der Waals surface area contributed by atoms with Crippen LogP contribution in [0.4, 0.5) is 11.4 Å². The van der Waals surface area contributed by atoms with E-state index in [1.165, 1.54) is 18.4 Å². The Bertz CT molecular complexity index is 1440. The fourth-order valence-electron chi connectivity index (χ4n) is 5.04. The summed E-state index contributed by atoms with van der Waals surface area (Å²) in [6, 6.07) is 13.3. The summed E-state index contributed by atoms with van der Waals surface area (Å²) >= 11 is 0. The lowest BCUT2D eigenvalue weighted by Gasteiger charge is -2.35. The summed E-state index contributed by atoms with van der Waals surface area (Å²) in [5.74, 6) is 0. The smallest absolute Gasteiger partial charge is 0.103 e. The van der Waals surface area contributed by atoms with Crippen molar-refractivity contribution in [2.45, 2.75) is 32.4 Å². The van der Waals surface area contributed by atoms with Crippen molar-refractivity contribution in [3.63, 3.8) is 0 Å². The Hall–Kier alpha value is -3.99. The Morgan fingerprint density at radius 1 is 1.11 bits per heavy atom. The highest BCUT2D eigenvalue weighted by atomic mass is 15.2. The summed E-state index contributed by atoms with van der Waals surface area (Å²) in [6.45, 7) is 5.26. The molecule has 2 N–H and O–H groups in total. The second-order valence-electron chi connectivity index (χ2n) is 9.96. The van der Waals surface area contributed by atoms with E-state index in [1.54, 1.807) is 12.4 Å². The number of aryl methyl sites for hydroxylation is 1. The number of aromatic amines is 1. The number of pyridine rings is 2. The lowest BCUT2D eigenvalue weighted by Crippen LogP contribution is -2.41. The minimum atomic E-state index is 0.497. The first kappa shape index (κ1) is 24.7. The molecule has 0 bridgehead atoms. The zero-order chi connectivity index (χ0) is 25.8. The molecule has 7 heteroatoms. The molecular weight excluding hydrogens is 458 g/mol. The van der Waals surface area contributed by atoms with Gasteiger partial charge in [-0.3, -0.25) is 14.9 Å². The van der Waals surface area contributed by atoms with Gasteiger partial charge in [-0.15, -0.1) is 0 Å². The van der Waals surface area contributed by atoms with Crippen LogP contribution in [0.15, 0.2) is 55.1 Å². The lowest BCUT2D eigenvalue weighted by atomic mass is 10.0. The zero-order valence-electron chi connectivity index (χ0n) is 21.7. The number of hydrogen-bond acceptors (Lipinski definition) is 6. The van der Waals surface area contributed by atoms with Crippen LogP contribution in [0.2, 0.25) is 0 Å². The van der Waals surface area contributed by atoms with E-state index in [9.17, 15) is 5.26 Å². The molecule has 5 rings (SSSR count). The van der Waals surface area contributed by atoms with Gasteiger partial charge in [0.2, 0.25) is 0 Å². The maximum atomic E-state index is 9.74. The quantitative estimate of drug-likeness (QED) is 0.351. The number of nitrogens with zero attached hydrogens (tertiary/aromatic N) is 5. The van der Waals surface area contributed by atoms with Crippen LogP contribution >= 0.6 is 0 Å². The van der Waals surface area contributed by atoms with Crippen molar-refractivity contribution in [2.24, 2.45) is 0 Å². The molecule has 4 heterocycles. The Balaban J connectivity index is 1.30. The van der Waals surface area contributed by atoms with Gasteiger partial charge in [0.15, 0.2) is 0 Å². The van der Waals surface area contributed by atoms with E-state index in [4.69, 9.17) is 0 Å². The van der Waals surface area contributed by atoms with Gasteiger partial charge in [0, 0.05) is 59.5 Å². The van der Waals surface area contributed by atoms with Crippen molar-refractivity contribution < 1.29 is 0 Å². The van der Waals surface area contributed by atoms with Crippen molar-refractivity contribution in [2.75, 3.05) is 32.5 Å². The number of nitriles is 1. The zero-order valence-corrected chi connectivity index (χ0v) is 21.7. The molecule has 1 aromatic carbocycles. The number of nitrogens with one attached hydrogen (secondary N) is 2. The number of hydrogen-bond donors (Lipinski definition) is 2. The van der Waals surface area contributed by atoms with Gasteiger partial charge in [-0.2, -0.15) is 5.26 Å². The highest BCUT2D eigenvalue weighted by Crippen LogP contribution is 2.31. The molecule has 7 nitrogen and oxygen atoms in total. The maximum Gasteiger partial charge on any atom is 0.103 e. The van der Waals surface area contributed by atoms with E-state index >= 15 is 0 Å². The molecule has 0 radical (unpaired) electrons. The van der Waals surface area contributed by atoms with Crippen LogP contribution in [-0.2, 0) is 6.54 Å². The van der Waals surface area contributed by atoms with Gasteiger partial charge in [-0.25, -0.2) is 0 Å². The topological polar surface area (TPSA) is 83.9 Å². The fraction of sp³-hybridized carbons (Fsp3) is 0.300. The highest BCUT2D eigenvalue weighted by molar-refractivity contribution is 5.90. The predicted molar refractivity (Wildman–Crippen MR) is 150 cm³/mol. The molecule has 0 aliphatic carbocycles. The molecule has 3 aromatic heterocycles. The first-order valence-electron chi connectivity index (χ1n) is 12.8. The van der Waals surface area contributed by atoms with Crippen molar-refractivity contribution in [1.29, 1.82) is 5.26 Å². The van der Waals surface area contributed by atoms with Crippen molar-refractivity contribution in [3.8, 4) is 6.07 Å². The largest absolute Gasteiger partial charge is 0.361 e. The number of rotatable bonds is 7. The summed E-state index contributed by atoms with van der Waals surface area (Å²) in [5, 5.41) is 14.4. The average Bonchev–Trinajstić information content (AvgIpc) is 3.40. The predicted octanol–water partition coefficient (Wildman–Crippen LogP) is 5.58. The molecule has 0 spiro atoms. The van der Waals surface area contributed by atoms with Crippen LogP contribution in [0, 0.1) is 18.3 Å². The number of anilines is 2. The third kappa shape index (κ3) is 5.56. The van der Waals surface area contributed by atoms with Crippen LogP contribution in [-0.4, -0.2) is 58.0 Å². The standard InChI is InChI=1S/C30H33N7/c1-21-27-10-13-33-29(27)9-8-28(21)35-30-23(18-32-19-24(30)16-31)5-7-25-6-4-22(17-34-25)20-37-14-11-26(12-15-37)36(2)3/h4-10,13,17-19,26,33H,11-12,14-15,20H2,1-3H3,(H,32,35). The normalized spacial score (nSPS) is 15.0. The number of likely N-dealkylation sites (tertiary alicyclic amines) is 1. The molecular formula is C30H33N7. The van der Waals surface area contributed by atoms with Crippen LogP contribution in [0.1, 0.15) is 40.8 Å². The SMILES string of the molecule is Cc1c(Nc2c(C#N)cncc2C=Cc2ccc(CN3CCC(N(C)C)CC3)cn2)ccc2[nH]ccc12. The number of H-pyrrole nitrogens is 1. The molecule has 37 heavy (non-hydrogen) atoms. The fourth-order valence-corrected chi connectivity index (χ4v) is 5.04. The van der Waals surface area contributed by atoms with E-state index in [2.05, 4.69) is 75.4 Å². The molecule has 0 amide bonds. The Labute approximate surface area is 218 Å².